The number of amides is 1. The van der Waals surface area contributed by atoms with Crippen LogP contribution in [0.5, 0.6) is 0 Å². The highest BCUT2D eigenvalue weighted by molar-refractivity contribution is 5.87. The molecule has 19 heavy (non-hydrogen) atoms. The van der Waals surface area contributed by atoms with Crippen molar-refractivity contribution in [2.45, 2.75) is 26.3 Å². The number of likely N-dealkylation sites (tertiary alicyclic amines) is 1. The molecule has 1 N–H and O–H groups in total. The van der Waals surface area contributed by atoms with Crippen LogP contribution < -0.4 is 0 Å². The highest BCUT2D eigenvalue weighted by atomic mass is 16.4. The van der Waals surface area contributed by atoms with Gasteiger partial charge < -0.3 is 10.0 Å². The average Bonchev–Trinajstić information content (AvgIpc) is 2.68. The van der Waals surface area contributed by atoms with Gasteiger partial charge in [-0.1, -0.05) is 44.2 Å². The zero-order valence-electron chi connectivity index (χ0n) is 11.2. The third kappa shape index (κ3) is 2.78. The third-order valence-corrected chi connectivity index (χ3v) is 3.45. The summed E-state index contributed by atoms with van der Waals surface area (Å²) in [4.78, 5) is 25.2. The predicted molar refractivity (Wildman–Crippen MR) is 71.5 cm³/mol. The topological polar surface area (TPSA) is 57.6 Å². The van der Waals surface area contributed by atoms with Crippen LogP contribution in [0.15, 0.2) is 30.3 Å². The molecule has 1 heterocycles. The molecule has 0 aliphatic carbocycles. The van der Waals surface area contributed by atoms with Crippen LogP contribution in [0.1, 0.15) is 31.9 Å². The number of rotatable bonds is 4. The first-order valence-corrected chi connectivity index (χ1v) is 6.58. The molecule has 0 spiro atoms. The second-order valence-electron chi connectivity index (χ2n) is 5.44. The van der Waals surface area contributed by atoms with E-state index in [0.717, 1.165) is 5.56 Å². The Hall–Kier alpha value is -1.84. The zero-order valence-corrected chi connectivity index (χ0v) is 11.2. The Bertz CT molecular complexity index is 470. The molecule has 0 unspecified atom stereocenters. The van der Waals surface area contributed by atoms with Crippen molar-refractivity contribution in [3.05, 3.63) is 35.9 Å². The van der Waals surface area contributed by atoms with Crippen LogP contribution in [0.4, 0.5) is 0 Å². The fraction of sp³-hybridized carbons (Fsp3) is 0.467. The standard InChI is InChI=1S/C15H19NO3/c1-10(2)9-16-13(17)8-12(15(18)19)14(16)11-6-4-3-5-7-11/h3-7,10,12,14H,8-9H2,1-2H3,(H,18,19)/t12-,14-/m0/s1. The van der Waals surface area contributed by atoms with E-state index < -0.39 is 11.9 Å². The monoisotopic (exact) mass is 261 g/mol. The maximum atomic E-state index is 12.1. The molecule has 1 aromatic carbocycles. The van der Waals surface area contributed by atoms with Crippen LogP contribution in [0.25, 0.3) is 0 Å². The van der Waals surface area contributed by atoms with Gasteiger partial charge in [0.05, 0.1) is 12.0 Å². The molecule has 0 bridgehead atoms. The van der Waals surface area contributed by atoms with Crippen LogP contribution in [0.3, 0.4) is 0 Å². The number of aliphatic carboxylic acids is 1. The number of nitrogens with zero attached hydrogens (tertiary/aromatic N) is 1. The number of hydrogen-bond acceptors (Lipinski definition) is 2. The minimum atomic E-state index is -0.895. The lowest BCUT2D eigenvalue weighted by Crippen LogP contribution is -2.33. The molecule has 1 aliphatic heterocycles. The molecule has 1 aromatic rings. The number of carboxylic acid groups (broad SMARTS) is 1. The first-order chi connectivity index (χ1) is 9.00. The Labute approximate surface area is 113 Å². The van der Waals surface area contributed by atoms with Gasteiger partial charge in [0.15, 0.2) is 0 Å². The van der Waals surface area contributed by atoms with Crippen molar-refractivity contribution in [2.24, 2.45) is 11.8 Å². The van der Waals surface area contributed by atoms with E-state index in [9.17, 15) is 14.7 Å². The number of carbonyl (C=O) groups is 2. The highest BCUT2D eigenvalue weighted by Crippen LogP contribution is 2.38. The van der Waals surface area contributed by atoms with Crippen LogP contribution in [-0.4, -0.2) is 28.4 Å². The molecule has 1 aliphatic rings. The van der Waals surface area contributed by atoms with E-state index in [1.54, 1.807) is 4.90 Å². The van der Waals surface area contributed by atoms with E-state index in [1.807, 2.05) is 44.2 Å². The SMILES string of the molecule is CC(C)CN1C(=O)C[C@H](C(=O)O)[C@@H]1c1ccccc1. The van der Waals surface area contributed by atoms with Crippen LogP contribution in [0.2, 0.25) is 0 Å². The summed E-state index contributed by atoms with van der Waals surface area (Å²) >= 11 is 0. The van der Waals surface area contributed by atoms with Gasteiger partial charge in [0.1, 0.15) is 0 Å². The van der Waals surface area contributed by atoms with Crippen molar-refractivity contribution in [1.29, 1.82) is 0 Å². The maximum Gasteiger partial charge on any atom is 0.309 e. The van der Waals surface area contributed by atoms with Crippen LogP contribution >= 0.6 is 0 Å². The van der Waals surface area contributed by atoms with Gasteiger partial charge in [0.2, 0.25) is 5.91 Å². The number of carboxylic acids is 1. The molecule has 2 rings (SSSR count). The molecule has 1 fully saturated rings. The lowest BCUT2D eigenvalue weighted by Gasteiger charge is -2.28. The molecule has 1 saturated heterocycles. The molecule has 4 heteroatoms. The maximum absolute atomic E-state index is 12.1. The van der Waals surface area contributed by atoms with E-state index in [1.165, 1.54) is 0 Å². The quantitative estimate of drug-likeness (QED) is 0.905. The first kappa shape index (κ1) is 13.6. The summed E-state index contributed by atoms with van der Waals surface area (Å²) in [5, 5.41) is 9.34. The first-order valence-electron chi connectivity index (χ1n) is 6.58. The molecule has 102 valence electrons. The molecule has 1 amide bonds. The van der Waals surface area contributed by atoms with Crippen LogP contribution in [-0.2, 0) is 9.59 Å². The minimum absolute atomic E-state index is 0.0602. The lowest BCUT2D eigenvalue weighted by molar-refractivity contribution is -0.142. The van der Waals surface area contributed by atoms with E-state index >= 15 is 0 Å². The van der Waals surface area contributed by atoms with Gasteiger partial charge in [-0.05, 0) is 11.5 Å². The Morgan fingerprint density at radius 3 is 2.53 bits per heavy atom. The molecular weight excluding hydrogens is 242 g/mol. The average molecular weight is 261 g/mol. The summed E-state index contributed by atoms with van der Waals surface area (Å²) in [6.45, 7) is 4.66. The summed E-state index contributed by atoms with van der Waals surface area (Å²) in [7, 11) is 0. The Morgan fingerprint density at radius 1 is 1.37 bits per heavy atom. The summed E-state index contributed by atoms with van der Waals surface area (Å²) in [6, 6.07) is 9.10. The minimum Gasteiger partial charge on any atom is -0.481 e. The molecule has 0 aromatic heterocycles. The van der Waals surface area contributed by atoms with Crippen molar-refractivity contribution in [2.75, 3.05) is 6.54 Å². The van der Waals surface area contributed by atoms with Gasteiger partial charge in [0.25, 0.3) is 0 Å². The van der Waals surface area contributed by atoms with Crippen molar-refractivity contribution in [3.63, 3.8) is 0 Å². The number of carbonyl (C=O) groups excluding carboxylic acids is 1. The van der Waals surface area contributed by atoms with Crippen molar-refractivity contribution in [1.82, 2.24) is 4.90 Å². The molecule has 4 nitrogen and oxygen atoms in total. The predicted octanol–water partition coefficient (Wildman–Crippen LogP) is 2.32. The fourth-order valence-corrected chi connectivity index (χ4v) is 2.68. The van der Waals surface area contributed by atoms with E-state index in [0.29, 0.717) is 12.5 Å². The van der Waals surface area contributed by atoms with Crippen LogP contribution in [0, 0.1) is 11.8 Å². The second kappa shape index (κ2) is 5.43. The third-order valence-electron chi connectivity index (χ3n) is 3.45. The van der Waals surface area contributed by atoms with Crippen molar-refractivity contribution in [3.8, 4) is 0 Å². The van der Waals surface area contributed by atoms with E-state index in [-0.39, 0.29) is 18.4 Å². The number of benzene rings is 1. The Kier molecular flexibility index (Phi) is 3.88. The largest absolute Gasteiger partial charge is 0.481 e. The lowest BCUT2D eigenvalue weighted by atomic mass is 9.93. The normalized spacial score (nSPS) is 23.1. The Balaban J connectivity index is 2.36. The second-order valence-corrected chi connectivity index (χ2v) is 5.44. The van der Waals surface area contributed by atoms with Gasteiger partial charge in [0, 0.05) is 13.0 Å². The van der Waals surface area contributed by atoms with Crippen molar-refractivity contribution >= 4 is 11.9 Å². The zero-order chi connectivity index (χ0) is 14.0. The van der Waals surface area contributed by atoms with Crippen molar-refractivity contribution < 1.29 is 14.7 Å². The van der Waals surface area contributed by atoms with Gasteiger partial charge >= 0.3 is 5.97 Å². The van der Waals surface area contributed by atoms with Gasteiger partial charge in [-0.2, -0.15) is 0 Å². The summed E-state index contributed by atoms with van der Waals surface area (Å²) < 4.78 is 0. The highest BCUT2D eigenvalue weighted by Gasteiger charge is 2.44. The van der Waals surface area contributed by atoms with Gasteiger partial charge in [-0.3, -0.25) is 9.59 Å². The molecular formula is C15H19NO3. The Morgan fingerprint density at radius 2 is 2.00 bits per heavy atom. The summed E-state index contributed by atoms with van der Waals surface area (Å²) in [5.41, 5.74) is 0.904. The fourth-order valence-electron chi connectivity index (χ4n) is 2.68. The van der Waals surface area contributed by atoms with Gasteiger partial charge in [-0.25, -0.2) is 0 Å². The smallest absolute Gasteiger partial charge is 0.309 e. The summed E-state index contributed by atoms with van der Waals surface area (Å²) in [6.07, 6.45) is 0.0988. The van der Waals surface area contributed by atoms with E-state index in [2.05, 4.69) is 0 Å². The summed E-state index contributed by atoms with van der Waals surface area (Å²) in [5.74, 6) is -1.28. The molecule has 0 radical (unpaired) electrons. The molecule has 0 saturated carbocycles. The van der Waals surface area contributed by atoms with E-state index in [4.69, 9.17) is 0 Å². The van der Waals surface area contributed by atoms with Gasteiger partial charge in [-0.15, -0.1) is 0 Å². The molecule has 2 atom stereocenters. The number of hydrogen-bond donors (Lipinski definition) is 1.